The number of carbonyl (C=O) groups is 2. The third kappa shape index (κ3) is 5.53. The fourth-order valence-corrected chi connectivity index (χ4v) is 3.54. The summed E-state index contributed by atoms with van der Waals surface area (Å²) in [6, 6.07) is 9.16. The lowest BCUT2D eigenvalue weighted by Gasteiger charge is -2.32. The number of amides is 2. The van der Waals surface area contributed by atoms with Gasteiger partial charge in [-0.2, -0.15) is 4.98 Å². The topological polar surface area (TPSA) is 95.2 Å². The van der Waals surface area contributed by atoms with Gasteiger partial charge >= 0.3 is 5.69 Å². The largest absolute Gasteiger partial charge is 0.348 e. The van der Waals surface area contributed by atoms with E-state index in [0.29, 0.717) is 49.5 Å². The molecule has 1 aliphatic rings. The van der Waals surface area contributed by atoms with Crippen molar-refractivity contribution in [3.05, 3.63) is 63.3 Å². The van der Waals surface area contributed by atoms with Crippen LogP contribution in [-0.2, 0) is 6.42 Å². The summed E-state index contributed by atoms with van der Waals surface area (Å²) < 4.78 is 0. The maximum Gasteiger partial charge on any atom is 0.345 e. The van der Waals surface area contributed by atoms with E-state index in [9.17, 15) is 14.4 Å². The highest BCUT2D eigenvalue weighted by Crippen LogP contribution is 2.15. The smallest absolute Gasteiger partial charge is 0.345 e. The van der Waals surface area contributed by atoms with Crippen LogP contribution in [0.15, 0.2) is 35.1 Å². The van der Waals surface area contributed by atoms with Crippen LogP contribution in [-0.4, -0.2) is 45.8 Å². The van der Waals surface area contributed by atoms with Crippen LogP contribution in [0.25, 0.3) is 0 Å². The van der Waals surface area contributed by atoms with Crippen molar-refractivity contribution < 1.29 is 9.59 Å². The minimum absolute atomic E-state index is 0.0179. The Hall–Kier alpha value is -2.96. The molecule has 2 amide bonds. The van der Waals surface area contributed by atoms with Gasteiger partial charge in [0.2, 0.25) is 0 Å². The summed E-state index contributed by atoms with van der Waals surface area (Å²) in [6.45, 7) is 7.25. The Kier molecular flexibility index (Phi) is 6.46. The van der Waals surface area contributed by atoms with Crippen molar-refractivity contribution >= 4 is 11.8 Å². The number of aromatic amines is 1. The first kappa shape index (κ1) is 20.8. The van der Waals surface area contributed by atoms with Crippen LogP contribution in [0.5, 0.6) is 0 Å². The van der Waals surface area contributed by atoms with Crippen molar-refractivity contribution in [1.82, 2.24) is 20.2 Å². The number of piperidine rings is 1. The standard InChI is InChI=1S/C22H28N4O3/c1-14(2)12-18-13-19(25-22(29)24-18)20(27)23-17-8-10-26(11-9-17)21(28)16-6-4-15(3)5-7-16/h4-7,13-14,17H,8-12H2,1-3H3,(H,23,27)(H,24,25,29). The van der Waals surface area contributed by atoms with Gasteiger partial charge in [0.1, 0.15) is 5.69 Å². The Morgan fingerprint density at radius 1 is 1.21 bits per heavy atom. The Morgan fingerprint density at radius 2 is 1.86 bits per heavy atom. The molecule has 29 heavy (non-hydrogen) atoms. The second kappa shape index (κ2) is 9.03. The van der Waals surface area contributed by atoms with Crippen LogP contribution in [0.1, 0.15) is 58.8 Å². The minimum Gasteiger partial charge on any atom is -0.348 e. The van der Waals surface area contributed by atoms with Crippen LogP contribution in [0.2, 0.25) is 0 Å². The molecule has 0 radical (unpaired) electrons. The molecule has 2 heterocycles. The molecule has 1 aliphatic heterocycles. The molecule has 0 saturated carbocycles. The Labute approximate surface area is 170 Å². The number of aromatic nitrogens is 2. The number of nitrogens with zero attached hydrogens (tertiary/aromatic N) is 2. The van der Waals surface area contributed by atoms with E-state index in [1.807, 2.05) is 49.9 Å². The second-order valence-electron chi connectivity index (χ2n) is 8.10. The Balaban J connectivity index is 1.57. The number of likely N-dealkylation sites (tertiary alicyclic amines) is 1. The lowest BCUT2D eigenvalue weighted by Crippen LogP contribution is -2.46. The van der Waals surface area contributed by atoms with E-state index in [2.05, 4.69) is 15.3 Å². The second-order valence-corrected chi connectivity index (χ2v) is 8.10. The van der Waals surface area contributed by atoms with E-state index < -0.39 is 5.69 Å². The van der Waals surface area contributed by atoms with Gasteiger partial charge in [0.15, 0.2) is 0 Å². The molecular weight excluding hydrogens is 368 g/mol. The van der Waals surface area contributed by atoms with Gasteiger partial charge < -0.3 is 15.2 Å². The third-order valence-corrected chi connectivity index (χ3v) is 5.08. The highest BCUT2D eigenvalue weighted by molar-refractivity contribution is 5.94. The molecule has 154 valence electrons. The van der Waals surface area contributed by atoms with Crippen molar-refractivity contribution in [2.75, 3.05) is 13.1 Å². The first-order valence-corrected chi connectivity index (χ1v) is 10.1. The van der Waals surface area contributed by atoms with Crippen molar-refractivity contribution in [2.45, 2.75) is 46.1 Å². The minimum atomic E-state index is -0.508. The summed E-state index contributed by atoms with van der Waals surface area (Å²) in [6.07, 6.45) is 2.02. The fourth-order valence-electron chi connectivity index (χ4n) is 3.54. The molecular formula is C22H28N4O3. The number of hydrogen-bond acceptors (Lipinski definition) is 4. The number of nitrogens with one attached hydrogen (secondary N) is 2. The van der Waals surface area contributed by atoms with Gasteiger partial charge in [0.05, 0.1) is 0 Å². The van der Waals surface area contributed by atoms with Crippen molar-refractivity contribution in [1.29, 1.82) is 0 Å². The van der Waals surface area contributed by atoms with Gasteiger partial charge in [0.25, 0.3) is 11.8 Å². The molecule has 2 aromatic rings. The average molecular weight is 396 g/mol. The maximum atomic E-state index is 12.6. The highest BCUT2D eigenvalue weighted by atomic mass is 16.2. The van der Waals surface area contributed by atoms with Crippen LogP contribution in [0.4, 0.5) is 0 Å². The maximum absolute atomic E-state index is 12.6. The Bertz CT molecular complexity index is 926. The number of aryl methyl sites for hydroxylation is 1. The SMILES string of the molecule is Cc1ccc(C(=O)N2CCC(NC(=O)c3cc(CC(C)C)[nH]c(=O)n3)CC2)cc1. The van der Waals surface area contributed by atoms with Crippen LogP contribution in [0, 0.1) is 12.8 Å². The van der Waals surface area contributed by atoms with Gasteiger partial charge in [-0.3, -0.25) is 9.59 Å². The molecule has 1 aromatic carbocycles. The lowest BCUT2D eigenvalue weighted by atomic mass is 10.0. The highest BCUT2D eigenvalue weighted by Gasteiger charge is 2.25. The van der Waals surface area contributed by atoms with E-state index in [-0.39, 0.29) is 23.6 Å². The molecule has 1 aromatic heterocycles. The number of rotatable bonds is 5. The van der Waals surface area contributed by atoms with Crippen molar-refractivity contribution in [3.63, 3.8) is 0 Å². The third-order valence-electron chi connectivity index (χ3n) is 5.08. The number of hydrogen-bond donors (Lipinski definition) is 2. The molecule has 0 unspecified atom stereocenters. The predicted octanol–water partition coefficient (Wildman–Crippen LogP) is 2.31. The lowest BCUT2D eigenvalue weighted by molar-refractivity contribution is 0.0697. The van der Waals surface area contributed by atoms with Crippen LogP contribution in [0.3, 0.4) is 0 Å². The molecule has 1 saturated heterocycles. The van der Waals surface area contributed by atoms with Gasteiger partial charge in [-0.15, -0.1) is 0 Å². The molecule has 3 rings (SSSR count). The summed E-state index contributed by atoms with van der Waals surface area (Å²) in [7, 11) is 0. The number of carbonyl (C=O) groups excluding carboxylic acids is 2. The summed E-state index contributed by atoms with van der Waals surface area (Å²) in [5, 5.41) is 2.96. The first-order valence-electron chi connectivity index (χ1n) is 10.1. The number of benzene rings is 1. The zero-order valence-corrected chi connectivity index (χ0v) is 17.2. The average Bonchev–Trinajstić information content (AvgIpc) is 2.67. The molecule has 0 spiro atoms. The molecule has 2 N–H and O–H groups in total. The molecule has 1 fully saturated rings. The van der Waals surface area contributed by atoms with Gasteiger partial charge in [-0.25, -0.2) is 4.79 Å². The van der Waals surface area contributed by atoms with Gasteiger partial charge in [-0.05, 0) is 50.3 Å². The van der Waals surface area contributed by atoms with Crippen LogP contribution >= 0.6 is 0 Å². The summed E-state index contributed by atoms with van der Waals surface area (Å²) >= 11 is 0. The zero-order valence-electron chi connectivity index (χ0n) is 17.2. The normalized spacial score (nSPS) is 14.8. The fraction of sp³-hybridized carbons (Fsp3) is 0.455. The quantitative estimate of drug-likeness (QED) is 0.811. The zero-order chi connectivity index (χ0) is 21.0. The molecule has 7 heteroatoms. The number of H-pyrrole nitrogens is 1. The van der Waals surface area contributed by atoms with Gasteiger partial charge in [0, 0.05) is 30.4 Å². The monoisotopic (exact) mass is 396 g/mol. The molecule has 0 atom stereocenters. The Morgan fingerprint density at radius 3 is 2.48 bits per heavy atom. The summed E-state index contributed by atoms with van der Waals surface area (Å²) in [5.74, 6) is 0.0353. The van der Waals surface area contributed by atoms with E-state index in [1.165, 1.54) is 0 Å². The van der Waals surface area contributed by atoms with E-state index in [1.54, 1.807) is 6.07 Å². The van der Waals surface area contributed by atoms with Crippen molar-refractivity contribution in [3.8, 4) is 0 Å². The summed E-state index contributed by atoms with van der Waals surface area (Å²) in [4.78, 5) is 45.3. The first-order chi connectivity index (χ1) is 13.8. The van der Waals surface area contributed by atoms with E-state index >= 15 is 0 Å². The van der Waals surface area contributed by atoms with Gasteiger partial charge in [-0.1, -0.05) is 31.5 Å². The summed E-state index contributed by atoms with van der Waals surface area (Å²) in [5.41, 5.74) is 2.15. The van der Waals surface area contributed by atoms with E-state index in [4.69, 9.17) is 0 Å². The molecule has 0 aliphatic carbocycles. The molecule has 7 nitrogen and oxygen atoms in total. The predicted molar refractivity (Wildman–Crippen MR) is 111 cm³/mol. The van der Waals surface area contributed by atoms with Crippen LogP contribution < -0.4 is 11.0 Å². The van der Waals surface area contributed by atoms with E-state index in [0.717, 1.165) is 5.56 Å². The molecule has 0 bridgehead atoms. The van der Waals surface area contributed by atoms with Crippen molar-refractivity contribution in [2.24, 2.45) is 5.92 Å².